The summed E-state index contributed by atoms with van der Waals surface area (Å²) in [5.41, 5.74) is 0. The molecule has 1 saturated heterocycles. The van der Waals surface area contributed by atoms with Gasteiger partial charge < -0.3 is 10.1 Å². The molecule has 1 saturated carbocycles. The minimum Gasteiger partial charge on any atom is -0.372 e. The summed E-state index contributed by atoms with van der Waals surface area (Å²) in [5.74, 6) is 1.73. The van der Waals surface area contributed by atoms with Gasteiger partial charge in [-0.25, -0.2) is 0 Å². The second-order valence-corrected chi connectivity index (χ2v) is 4.96. The number of ether oxygens (including phenoxy) is 1. The van der Waals surface area contributed by atoms with Crippen LogP contribution in [0.15, 0.2) is 0 Å². The zero-order valence-electron chi connectivity index (χ0n) is 8.75. The zero-order valence-corrected chi connectivity index (χ0v) is 8.75. The summed E-state index contributed by atoms with van der Waals surface area (Å²) in [7, 11) is 0. The molecule has 2 fully saturated rings. The van der Waals surface area contributed by atoms with Gasteiger partial charge in [0.05, 0.1) is 12.2 Å². The second-order valence-electron chi connectivity index (χ2n) is 4.96. The second kappa shape index (κ2) is 3.97. The maximum absolute atomic E-state index is 6.01. The molecule has 0 aromatic heterocycles. The first kappa shape index (κ1) is 9.47. The largest absolute Gasteiger partial charge is 0.372 e. The van der Waals surface area contributed by atoms with E-state index in [9.17, 15) is 0 Å². The Morgan fingerprint density at radius 2 is 1.54 bits per heavy atom. The molecule has 2 heteroatoms. The molecule has 0 amide bonds. The average molecular weight is 183 g/mol. The minimum absolute atomic E-state index is 0.516. The molecule has 1 N–H and O–H groups in total. The molecule has 2 rings (SSSR count). The van der Waals surface area contributed by atoms with Gasteiger partial charge in [0, 0.05) is 13.1 Å². The van der Waals surface area contributed by atoms with Gasteiger partial charge in [-0.3, -0.25) is 0 Å². The molecule has 0 radical (unpaired) electrons. The number of nitrogens with one attached hydrogen (secondary N) is 1. The minimum atomic E-state index is 0.516. The van der Waals surface area contributed by atoms with E-state index >= 15 is 0 Å². The molecular weight excluding hydrogens is 162 g/mol. The van der Waals surface area contributed by atoms with Crippen LogP contribution in [-0.2, 0) is 4.74 Å². The van der Waals surface area contributed by atoms with E-state index in [2.05, 4.69) is 19.2 Å². The molecule has 13 heavy (non-hydrogen) atoms. The Morgan fingerprint density at radius 3 is 2.00 bits per heavy atom. The fourth-order valence-electron chi connectivity index (χ4n) is 2.61. The predicted molar refractivity (Wildman–Crippen MR) is 53.7 cm³/mol. The van der Waals surface area contributed by atoms with Gasteiger partial charge >= 0.3 is 0 Å². The van der Waals surface area contributed by atoms with Crippen molar-refractivity contribution in [2.24, 2.45) is 11.8 Å². The molecule has 0 aromatic carbocycles. The van der Waals surface area contributed by atoms with Crippen molar-refractivity contribution in [3.8, 4) is 0 Å². The van der Waals surface area contributed by atoms with Crippen molar-refractivity contribution in [2.75, 3.05) is 13.1 Å². The van der Waals surface area contributed by atoms with Crippen molar-refractivity contribution in [3.05, 3.63) is 0 Å². The van der Waals surface area contributed by atoms with Crippen LogP contribution in [0.4, 0.5) is 0 Å². The van der Waals surface area contributed by atoms with E-state index in [-0.39, 0.29) is 0 Å². The Kier molecular flexibility index (Phi) is 2.89. The highest BCUT2D eigenvalue weighted by atomic mass is 16.5. The van der Waals surface area contributed by atoms with E-state index in [0.717, 1.165) is 24.9 Å². The maximum atomic E-state index is 6.01. The van der Waals surface area contributed by atoms with Crippen LogP contribution in [0.5, 0.6) is 0 Å². The van der Waals surface area contributed by atoms with Crippen molar-refractivity contribution in [3.63, 3.8) is 0 Å². The van der Waals surface area contributed by atoms with Gasteiger partial charge in [-0.2, -0.15) is 0 Å². The Hall–Kier alpha value is -0.0800. The summed E-state index contributed by atoms with van der Waals surface area (Å²) in [6.07, 6.45) is 5.01. The Balaban J connectivity index is 1.77. The third-order valence-corrected chi connectivity index (χ3v) is 3.26. The van der Waals surface area contributed by atoms with Gasteiger partial charge in [-0.1, -0.05) is 13.8 Å². The molecular formula is C11H21NO. The predicted octanol–water partition coefficient (Wildman–Crippen LogP) is 1.80. The number of rotatable bonds is 2. The van der Waals surface area contributed by atoms with Gasteiger partial charge in [0.15, 0.2) is 0 Å². The smallest absolute Gasteiger partial charge is 0.0827 e. The standard InChI is InChI=1S/C11H21NO/c1-8-3-9(2)5-10(4-8)13-11-6-12-7-11/h8-12H,3-7H2,1-2H3. The summed E-state index contributed by atoms with van der Waals surface area (Å²) < 4.78 is 6.01. The summed E-state index contributed by atoms with van der Waals surface area (Å²) in [6.45, 7) is 6.84. The highest BCUT2D eigenvalue weighted by Crippen LogP contribution is 2.31. The lowest BCUT2D eigenvalue weighted by molar-refractivity contribution is -0.0678. The molecule has 2 aliphatic rings. The van der Waals surface area contributed by atoms with E-state index in [1.54, 1.807) is 0 Å². The molecule has 1 aliphatic heterocycles. The maximum Gasteiger partial charge on any atom is 0.0827 e. The van der Waals surface area contributed by atoms with Gasteiger partial charge in [0.2, 0.25) is 0 Å². The van der Waals surface area contributed by atoms with Crippen molar-refractivity contribution >= 4 is 0 Å². The van der Waals surface area contributed by atoms with Crippen molar-refractivity contribution in [1.29, 1.82) is 0 Å². The van der Waals surface area contributed by atoms with Crippen LogP contribution in [-0.4, -0.2) is 25.3 Å². The molecule has 0 bridgehead atoms. The van der Waals surface area contributed by atoms with E-state index in [4.69, 9.17) is 4.74 Å². The summed E-state index contributed by atoms with van der Waals surface area (Å²) >= 11 is 0. The van der Waals surface area contributed by atoms with Crippen LogP contribution in [0.3, 0.4) is 0 Å². The zero-order chi connectivity index (χ0) is 9.26. The normalized spacial score (nSPS) is 41.5. The third kappa shape index (κ3) is 2.44. The average Bonchev–Trinajstić information content (AvgIpc) is 1.95. The van der Waals surface area contributed by atoms with Crippen LogP contribution < -0.4 is 5.32 Å². The molecule has 0 spiro atoms. The fourth-order valence-corrected chi connectivity index (χ4v) is 2.61. The van der Waals surface area contributed by atoms with Crippen LogP contribution >= 0.6 is 0 Å². The van der Waals surface area contributed by atoms with Crippen LogP contribution in [0.25, 0.3) is 0 Å². The number of hydrogen-bond acceptors (Lipinski definition) is 2. The Bertz CT molecular complexity index is 157. The molecule has 76 valence electrons. The summed E-state index contributed by atoms with van der Waals surface area (Å²) in [6, 6.07) is 0. The van der Waals surface area contributed by atoms with Crippen molar-refractivity contribution in [2.45, 2.75) is 45.3 Å². The molecule has 2 unspecified atom stereocenters. The molecule has 1 aliphatic carbocycles. The van der Waals surface area contributed by atoms with E-state index in [1.165, 1.54) is 19.3 Å². The van der Waals surface area contributed by atoms with E-state index in [0.29, 0.717) is 12.2 Å². The van der Waals surface area contributed by atoms with E-state index in [1.807, 2.05) is 0 Å². The quantitative estimate of drug-likeness (QED) is 0.705. The van der Waals surface area contributed by atoms with Crippen LogP contribution in [0, 0.1) is 11.8 Å². The summed E-state index contributed by atoms with van der Waals surface area (Å²) in [5, 5.41) is 3.25. The fraction of sp³-hybridized carbons (Fsp3) is 1.00. The molecule has 2 nitrogen and oxygen atoms in total. The van der Waals surface area contributed by atoms with Gasteiger partial charge in [0.25, 0.3) is 0 Å². The molecule has 2 atom stereocenters. The van der Waals surface area contributed by atoms with Gasteiger partial charge in [-0.15, -0.1) is 0 Å². The van der Waals surface area contributed by atoms with Crippen molar-refractivity contribution in [1.82, 2.24) is 5.32 Å². The lowest BCUT2D eigenvalue weighted by atomic mass is 9.81. The van der Waals surface area contributed by atoms with Crippen LogP contribution in [0.2, 0.25) is 0 Å². The van der Waals surface area contributed by atoms with Crippen LogP contribution in [0.1, 0.15) is 33.1 Å². The van der Waals surface area contributed by atoms with Gasteiger partial charge in [0.1, 0.15) is 0 Å². The lowest BCUT2D eigenvalue weighted by Crippen LogP contribution is -2.50. The van der Waals surface area contributed by atoms with Gasteiger partial charge in [-0.05, 0) is 31.1 Å². The molecule has 1 heterocycles. The van der Waals surface area contributed by atoms with E-state index < -0.39 is 0 Å². The Labute approximate surface area is 81.0 Å². The first-order valence-electron chi connectivity index (χ1n) is 5.60. The number of hydrogen-bond donors (Lipinski definition) is 1. The monoisotopic (exact) mass is 183 g/mol. The highest BCUT2D eigenvalue weighted by molar-refractivity contribution is 4.80. The Morgan fingerprint density at radius 1 is 0.923 bits per heavy atom. The first-order chi connectivity index (χ1) is 6.24. The summed E-state index contributed by atoms with van der Waals surface area (Å²) in [4.78, 5) is 0. The molecule has 0 aromatic rings. The lowest BCUT2D eigenvalue weighted by Gasteiger charge is -2.37. The SMILES string of the molecule is CC1CC(C)CC(OC2CNC2)C1. The topological polar surface area (TPSA) is 21.3 Å². The first-order valence-corrected chi connectivity index (χ1v) is 5.60. The third-order valence-electron chi connectivity index (χ3n) is 3.26. The van der Waals surface area contributed by atoms with Crippen molar-refractivity contribution < 1.29 is 4.74 Å². The highest BCUT2D eigenvalue weighted by Gasteiger charge is 2.28.